The molecule has 1 atom stereocenters. The van der Waals surface area contributed by atoms with E-state index >= 15 is 0 Å². The molecule has 1 rings (SSSR count). The van der Waals surface area contributed by atoms with E-state index in [-0.39, 0.29) is 18.5 Å². The third-order valence-corrected chi connectivity index (χ3v) is 2.76. The first-order valence-electron chi connectivity index (χ1n) is 5.60. The normalized spacial score (nSPS) is 14.2. The molecule has 0 saturated heterocycles. The first-order chi connectivity index (χ1) is 7.92. The molecule has 0 aliphatic rings. The summed E-state index contributed by atoms with van der Waals surface area (Å²) in [5.74, 6) is 0.548. The van der Waals surface area contributed by atoms with Crippen LogP contribution in [0.25, 0.3) is 0 Å². The molecule has 0 radical (unpaired) electrons. The number of carbonyl (C=O) groups is 1. The maximum absolute atomic E-state index is 11.5. The molecule has 17 heavy (non-hydrogen) atoms. The molecule has 0 saturated carbocycles. The van der Waals surface area contributed by atoms with Crippen molar-refractivity contribution >= 4 is 11.8 Å². The molecule has 0 bridgehead atoms. The highest BCUT2D eigenvalue weighted by Crippen LogP contribution is 2.14. The summed E-state index contributed by atoms with van der Waals surface area (Å²) in [6, 6.07) is 4.88. The Balaban J connectivity index is 2.41. The number of pyridine rings is 1. The summed E-state index contributed by atoms with van der Waals surface area (Å²) in [5.41, 5.74) is -0.915. The fourth-order valence-corrected chi connectivity index (χ4v) is 1.06. The van der Waals surface area contributed by atoms with Gasteiger partial charge in [-0.15, -0.1) is 0 Å². The fraction of sp³-hybridized carbons (Fsp3) is 0.500. The fourth-order valence-electron chi connectivity index (χ4n) is 1.06. The van der Waals surface area contributed by atoms with Crippen LogP contribution in [0.15, 0.2) is 24.4 Å². The van der Waals surface area contributed by atoms with Gasteiger partial charge in [0, 0.05) is 12.7 Å². The Bertz CT molecular complexity index is 363. The molecular weight excluding hydrogens is 218 g/mol. The number of aliphatic hydroxyl groups is 1. The first-order valence-corrected chi connectivity index (χ1v) is 5.60. The summed E-state index contributed by atoms with van der Waals surface area (Å²) in [4.78, 5) is 15.5. The van der Waals surface area contributed by atoms with Gasteiger partial charge in [-0.3, -0.25) is 5.32 Å². The predicted molar refractivity (Wildman–Crippen MR) is 66.7 cm³/mol. The number of carbonyl (C=O) groups excluding carboxylic acids is 1. The summed E-state index contributed by atoms with van der Waals surface area (Å²) in [7, 11) is 0. The zero-order valence-electron chi connectivity index (χ0n) is 10.4. The van der Waals surface area contributed by atoms with Crippen molar-refractivity contribution in [3.63, 3.8) is 0 Å². The van der Waals surface area contributed by atoms with Gasteiger partial charge in [0.05, 0.1) is 5.60 Å². The molecule has 0 aromatic carbocycles. The van der Waals surface area contributed by atoms with Crippen LogP contribution in [0.2, 0.25) is 0 Å². The van der Waals surface area contributed by atoms with Crippen LogP contribution in [0.5, 0.6) is 0 Å². The molecule has 94 valence electrons. The van der Waals surface area contributed by atoms with Crippen molar-refractivity contribution in [2.75, 3.05) is 11.9 Å². The topological polar surface area (TPSA) is 74.2 Å². The summed E-state index contributed by atoms with van der Waals surface area (Å²) >= 11 is 0. The molecule has 0 aliphatic carbocycles. The van der Waals surface area contributed by atoms with Crippen LogP contribution in [0.1, 0.15) is 20.8 Å². The summed E-state index contributed by atoms with van der Waals surface area (Å²) in [6.07, 6.45) is 1.60. The van der Waals surface area contributed by atoms with E-state index in [1.54, 1.807) is 31.3 Å². The second-order valence-electron chi connectivity index (χ2n) is 4.53. The van der Waals surface area contributed by atoms with Crippen LogP contribution in [-0.2, 0) is 0 Å². The van der Waals surface area contributed by atoms with Gasteiger partial charge < -0.3 is 10.4 Å². The van der Waals surface area contributed by atoms with E-state index in [1.165, 1.54) is 0 Å². The SMILES string of the molecule is CC(C)C(C)(O)CNC(=O)Nc1ccccn1. The van der Waals surface area contributed by atoms with Gasteiger partial charge in [0.2, 0.25) is 0 Å². The van der Waals surface area contributed by atoms with Crippen molar-refractivity contribution < 1.29 is 9.90 Å². The lowest BCUT2D eigenvalue weighted by Gasteiger charge is -2.27. The second kappa shape index (κ2) is 5.63. The van der Waals surface area contributed by atoms with Crippen molar-refractivity contribution in [2.24, 2.45) is 5.92 Å². The molecule has 5 nitrogen and oxygen atoms in total. The van der Waals surface area contributed by atoms with Gasteiger partial charge in [0.1, 0.15) is 5.82 Å². The summed E-state index contributed by atoms with van der Waals surface area (Å²) in [5, 5.41) is 15.1. The van der Waals surface area contributed by atoms with Crippen LogP contribution >= 0.6 is 0 Å². The number of aromatic nitrogens is 1. The van der Waals surface area contributed by atoms with Crippen molar-refractivity contribution in [1.82, 2.24) is 10.3 Å². The minimum Gasteiger partial charge on any atom is -0.388 e. The van der Waals surface area contributed by atoms with E-state index in [0.717, 1.165) is 0 Å². The van der Waals surface area contributed by atoms with Crippen LogP contribution < -0.4 is 10.6 Å². The largest absolute Gasteiger partial charge is 0.388 e. The summed E-state index contributed by atoms with van der Waals surface area (Å²) < 4.78 is 0. The first kappa shape index (κ1) is 13.4. The van der Waals surface area contributed by atoms with E-state index in [0.29, 0.717) is 5.82 Å². The number of hydrogen-bond donors (Lipinski definition) is 3. The molecule has 1 heterocycles. The van der Waals surface area contributed by atoms with Gasteiger partial charge in [0.15, 0.2) is 0 Å². The van der Waals surface area contributed by atoms with Gasteiger partial charge >= 0.3 is 6.03 Å². The zero-order chi connectivity index (χ0) is 12.9. The van der Waals surface area contributed by atoms with Gasteiger partial charge in [-0.2, -0.15) is 0 Å². The lowest BCUT2D eigenvalue weighted by atomic mass is 9.93. The molecule has 0 aliphatic heterocycles. The Hall–Kier alpha value is -1.62. The maximum Gasteiger partial charge on any atom is 0.320 e. The number of anilines is 1. The van der Waals surface area contributed by atoms with E-state index in [9.17, 15) is 9.90 Å². The van der Waals surface area contributed by atoms with E-state index in [4.69, 9.17) is 0 Å². The average Bonchev–Trinajstić information content (AvgIpc) is 2.28. The minimum atomic E-state index is -0.915. The molecule has 3 N–H and O–H groups in total. The molecule has 5 heteroatoms. The number of nitrogens with one attached hydrogen (secondary N) is 2. The zero-order valence-corrected chi connectivity index (χ0v) is 10.4. The van der Waals surface area contributed by atoms with E-state index in [1.807, 2.05) is 13.8 Å². The molecule has 1 aromatic rings. The molecule has 0 fully saturated rings. The van der Waals surface area contributed by atoms with Crippen LogP contribution in [-0.4, -0.2) is 28.3 Å². The standard InChI is InChI=1S/C12H19N3O2/c1-9(2)12(3,17)8-14-11(16)15-10-6-4-5-7-13-10/h4-7,9,17H,8H2,1-3H3,(H2,13,14,15,16). The second-order valence-corrected chi connectivity index (χ2v) is 4.53. The van der Waals surface area contributed by atoms with E-state index < -0.39 is 5.60 Å². The van der Waals surface area contributed by atoms with Crippen molar-refractivity contribution in [3.05, 3.63) is 24.4 Å². The third kappa shape index (κ3) is 4.40. The van der Waals surface area contributed by atoms with Crippen LogP contribution in [0, 0.1) is 5.92 Å². The molecule has 1 aromatic heterocycles. The summed E-state index contributed by atoms with van der Waals surface area (Å²) in [6.45, 7) is 5.69. The van der Waals surface area contributed by atoms with Gasteiger partial charge in [0.25, 0.3) is 0 Å². The van der Waals surface area contributed by atoms with E-state index in [2.05, 4.69) is 15.6 Å². The van der Waals surface area contributed by atoms with Gasteiger partial charge in [-0.05, 0) is 25.0 Å². The third-order valence-electron chi connectivity index (χ3n) is 2.76. The minimum absolute atomic E-state index is 0.0673. The van der Waals surface area contributed by atoms with Crippen LogP contribution in [0.4, 0.5) is 10.6 Å². The number of hydrogen-bond acceptors (Lipinski definition) is 3. The smallest absolute Gasteiger partial charge is 0.320 e. The van der Waals surface area contributed by atoms with Crippen molar-refractivity contribution in [2.45, 2.75) is 26.4 Å². The van der Waals surface area contributed by atoms with Crippen molar-refractivity contribution in [1.29, 1.82) is 0 Å². The van der Waals surface area contributed by atoms with Gasteiger partial charge in [-0.25, -0.2) is 9.78 Å². The monoisotopic (exact) mass is 237 g/mol. The predicted octanol–water partition coefficient (Wildman–Crippen LogP) is 1.61. The Kier molecular flexibility index (Phi) is 4.45. The highest BCUT2D eigenvalue weighted by molar-refractivity contribution is 5.88. The Morgan fingerprint density at radius 2 is 2.24 bits per heavy atom. The number of nitrogens with zero attached hydrogens (tertiary/aromatic N) is 1. The highest BCUT2D eigenvalue weighted by atomic mass is 16.3. The van der Waals surface area contributed by atoms with Crippen LogP contribution in [0.3, 0.4) is 0 Å². The molecule has 1 unspecified atom stereocenters. The Morgan fingerprint density at radius 3 is 2.76 bits per heavy atom. The molecule has 0 spiro atoms. The van der Waals surface area contributed by atoms with Gasteiger partial charge in [-0.1, -0.05) is 19.9 Å². The number of urea groups is 1. The Labute approximate surface area is 101 Å². The molecular formula is C12H19N3O2. The Morgan fingerprint density at radius 1 is 1.53 bits per heavy atom. The maximum atomic E-state index is 11.5. The number of rotatable bonds is 4. The lowest BCUT2D eigenvalue weighted by Crippen LogP contribution is -2.45. The van der Waals surface area contributed by atoms with Crippen molar-refractivity contribution in [3.8, 4) is 0 Å². The quantitative estimate of drug-likeness (QED) is 0.744. The number of amides is 2. The average molecular weight is 237 g/mol. The molecule has 2 amide bonds. The highest BCUT2D eigenvalue weighted by Gasteiger charge is 2.25. The lowest BCUT2D eigenvalue weighted by molar-refractivity contribution is 0.0170.